The van der Waals surface area contributed by atoms with Gasteiger partial charge in [-0.25, -0.2) is 4.79 Å². The molecule has 0 fully saturated rings. The van der Waals surface area contributed by atoms with Crippen LogP contribution in [-0.4, -0.2) is 22.8 Å². The monoisotopic (exact) mass is 358 g/mol. The smallest absolute Gasteiger partial charge is 0.327 e. The van der Waals surface area contributed by atoms with Gasteiger partial charge in [0.1, 0.15) is 5.75 Å². The van der Waals surface area contributed by atoms with Crippen LogP contribution in [0.5, 0.6) is 5.75 Å². The minimum atomic E-state index is -0.510. The molecule has 2 N–H and O–H groups in total. The molecule has 0 aliphatic rings. The van der Waals surface area contributed by atoms with E-state index in [9.17, 15) is 4.79 Å². The van der Waals surface area contributed by atoms with Crippen LogP contribution >= 0.6 is 11.6 Å². The van der Waals surface area contributed by atoms with Crippen molar-refractivity contribution in [3.05, 3.63) is 53.6 Å². The fourth-order valence-corrected chi connectivity index (χ4v) is 2.27. The number of carbonyl (C=O) groups excluding carboxylic acids is 1. The van der Waals surface area contributed by atoms with Crippen molar-refractivity contribution in [2.45, 2.75) is 6.92 Å². The zero-order valence-electron chi connectivity index (χ0n) is 13.3. The van der Waals surface area contributed by atoms with Gasteiger partial charge in [-0.05, 0) is 49.4 Å². The fraction of sp³-hybridized carbons (Fsp3) is 0.118. The van der Waals surface area contributed by atoms with E-state index < -0.39 is 6.03 Å². The summed E-state index contributed by atoms with van der Waals surface area (Å²) in [5, 5.41) is 13.3. The number of amides is 2. The SMILES string of the molecule is CCOc1ccc(-c2nnc(NC(=O)Nc3cccc(Cl)c3)o2)cc1. The Morgan fingerprint density at radius 1 is 1.16 bits per heavy atom. The summed E-state index contributed by atoms with van der Waals surface area (Å²) in [7, 11) is 0. The van der Waals surface area contributed by atoms with Crippen molar-refractivity contribution >= 4 is 29.3 Å². The molecule has 128 valence electrons. The second-order valence-electron chi connectivity index (χ2n) is 4.96. The minimum absolute atomic E-state index is 0.0107. The molecule has 0 saturated carbocycles. The molecule has 1 heterocycles. The molecular weight excluding hydrogens is 344 g/mol. The molecule has 25 heavy (non-hydrogen) atoms. The number of benzene rings is 2. The lowest BCUT2D eigenvalue weighted by atomic mass is 10.2. The van der Waals surface area contributed by atoms with Crippen molar-refractivity contribution in [1.82, 2.24) is 10.2 Å². The van der Waals surface area contributed by atoms with Gasteiger partial charge in [-0.2, -0.15) is 0 Å². The van der Waals surface area contributed by atoms with Crippen molar-refractivity contribution in [1.29, 1.82) is 0 Å². The third kappa shape index (κ3) is 4.48. The Balaban J connectivity index is 1.64. The maximum absolute atomic E-state index is 11.9. The molecule has 0 atom stereocenters. The number of hydrogen-bond donors (Lipinski definition) is 2. The number of anilines is 2. The molecule has 2 aromatic carbocycles. The van der Waals surface area contributed by atoms with Gasteiger partial charge >= 0.3 is 12.0 Å². The van der Waals surface area contributed by atoms with Crippen molar-refractivity contribution in [2.75, 3.05) is 17.2 Å². The third-order valence-electron chi connectivity index (χ3n) is 3.14. The fourth-order valence-electron chi connectivity index (χ4n) is 2.08. The van der Waals surface area contributed by atoms with Crippen LogP contribution in [0.3, 0.4) is 0 Å². The molecule has 0 saturated heterocycles. The van der Waals surface area contributed by atoms with E-state index in [-0.39, 0.29) is 6.01 Å². The minimum Gasteiger partial charge on any atom is -0.494 e. The van der Waals surface area contributed by atoms with Gasteiger partial charge in [-0.3, -0.25) is 5.32 Å². The van der Waals surface area contributed by atoms with E-state index in [1.165, 1.54) is 0 Å². The maximum atomic E-state index is 11.9. The third-order valence-corrected chi connectivity index (χ3v) is 3.38. The van der Waals surface area contributed by atoms with E-state index in [0.717, 1.165) is 11.3 Å². The van der Waals surface area contributed by atoms with Crippen LogP contribution in [-0.2, 0) is 0 Å². The second kappa shape index (κ2) is 7.67. The molecule has 1 aromatic heterocycles. The van der Waals surface area contributed by atoms with Gasteiger partial charge < -0.3 is 14.5 Å². The zero-order valence-corrected chi connectivity index (χ0v) is 14.1. The van der Waals surface area contributed by atoms with Crippen LogP contribution < -0.4 is 15.4 Å². The van der Waals surface area contributed by atoms with E-state index >= 15 is 0 Å². The van der Waals surface area contributed by atoms with E-state index in [2.05, 4.69) is 20.8 Å². The van der Waals surface area contributed by atoms with Crippen molar-refractivity contribution < 1.29 is 13.9 Å². The lowest BCUT2D eigenvalue weighted by Crippen LogP contribution is -2.19. The molecule has 0 spiro atoms. The summed E-state index contributed by atoms with van der Waals surface area (Å²) in [6.45, 7) is 2.51. The zero-order chi connectivity index (χ0) is 17.6. The van der Waals surface area contributed by atoms with Gasteiger partial charge in [0, 0.05) is 16.3 Å². The maximum Gasteiger partial charge on any atom is 0.327 e. The molecule has 2 amide bonds. The highest BCUT2D eigenvalue weighted by Gasteiger charge is 2.11. The quantitative estimate of drug-likeness (QED) is 0.704. The Labute approximate surface area is 149 Å². The molecule has 0 radical (unpaired) electrons. The normalized spacial score (nSPS) is 10.3. The second-order valence-corrected chi connectivity index (χ2v) is 5.40. The van der Waals surface area contributed by atoms with Crippen LogP contribution in [0.15, 0.2) is 52.9 Å². The first-order valence-electron chi connectivity index (χ1n) is 7.54. The largest absolute Gasteiger partial charge is 0.494 e. The number of aromatic nitrogens is 2. The summed E-state index contributed by atoms with van der Waals surface area (Å²) in [4.78, 5) is 11.9. The molecule has 0 unspecified atom stereocenters. The first-order chi connectivity index (χ1) is 12.1. The van der Waals surface area contributed by atoms with E-state index in [1.54, 1.807) is 36.4 Å². The number of hydrogen-bond acceptors (Lipinski definition) is 5. The van der Waals surface area contributed by atoms with Crippen LogP contribution in [0.1, 0.15) is 6.92 Å². The van der Waals surface area contributed by atoms with Crippen LogP contribution in [0.4, 0.5) is 16.5 Å². The molecule has 0 aliphatic heterocycles. The van der Waals surface area contributed by atoms with Gasteiger partial charge in [0.15, 0.2) is 0 Å². The number of nitrogens with one attached hydrogen (secondary N) is 2. The summed E-state index contributed by atoms with van der Waals surface area (Å²) in [5.41, 5.74) is 1.27. The molecule has 0 bridgehead atoms. The van der Waals surface area contributed by atoms with E-state index in [4.69, 9.17) is 20.8 Å². The molecule has 0 aliphatic carbocycles. The van der Waals surface area contributed by atoms with Gasteiger partial charge in [0.2, 0.25) is 5.89 Å². The van der Waals surface area contributed by atoms with E-state index in [0.29, 0.717) is 23.2 Å². The Morgan fingerprint density at radius 2 is 1.96 bits per heavy atom. The highest BCUT2D eigenvalue weighted by molar-refractivity contribution is 6.30. The van der Waals surface area contributed by atoms with Gasteiger partial charge in [-0.15, -0.1) is 5.10 Å². The summed E-state index contributed by atoms with van der Waals surface area (Å²) in [6, 6.07) is 13.5. The molecule has 8 heteroatoms. The molecule has 3 aromatic rings. The van der Waals surface area contributed by atoms with Crippen LogP contribution in [0.25, 0.3) is 11.5 Å². The number of halogens is 1. The summed E-state index contributed by atoms with van der Waals surface area (Å²) >= 11 is 5.87. The summed E-state index contributed by atoms with van der Waals surface area (Å²) in [6.07, 6.45) is 0. The lowest BCUT2D eigenvalue weighted by molar-refractivity contribution is 0.261. The van der Waals surface area contributed by atoms with E-state index in [1.807, 2.05) is 19.1 Å². The number of carbonyl (C=O) groups is 1. The highest BCUT2D eigenvalue weighted by atomic mass is 35.5. The van der Waals surface area contributed by atoms with Crippen molar-refractivity contribution in [3.63, 3.8) is 0 Å². The lowest BCUT2D eigenvalue weighted by Gasteiger charge is -2.04. The Morgan fingerprint density at radius 3 is 2.68 bits per heavy atom. The summed E-state index contributed by atoms with van der Waals surface area (Å²) < 4.78 is 10.8. The standard InChI is InChI=1S/C17H15ClN4O3/c1-2-24-14-8-6-11(7-9-14)15-21-22-17(25-15)20-16(23)19-13-5-3-4-12(18)10-13/h3-10H,2H2,1H3,(H2,19,20,22,23). The Bertz CT molecular complexity index is 864. The highest BCUT2D eigenvalue weighted by Crippen LogP contribution is 2.23. The van der Waals surface area contributed by atoms with Gasteiger partial charge in [-0.1, -0.05) is 22.8 Å². The average molecular weight is 359 g/mol. The summed E-state index contributed by atoms with van der Waals surface area (Å²) in [5.74, 6) is 1.05. The first kappa shape index (κ1) is 16.8. The number of nitrogens with zero attached hydrogens (tertiary/aromatic N) is 2. The van der Waals surface area contributed by atoms with Gasteiger partial charge in [0.25, 0.3) is 0 Å². The molecule has 3 rings (SSSR count). The molecule has 7 nitrogen and oxygen atoms in total. The van der Waals surface area contributed by atoms with Gasteiger partial charge in [0.05, 0.1) is 6.61 Å². The molecular formula is C17H15ClN4O3. The van der Waals surface area contributed by atoms with Crippen molar-refractivity contribution in [2.24, 2.45) is 0 Å². The first-order valence-corrected chi connectivity index (χ1v) is 7.92. The number of urea groups is 1. The van der Waals surface area contributed by atoms with Crippen LogP contribution in [0, 0.1) is 0 Å². The topological polar surface area (TPSA) is 89.3 Å². The predicted molar refractivity (Wildman–Crippen MR) is 95.0 cm³/mol. The Hall–Kier alpha value is -3.06. The number of rotatable bonds is 5. The Kier molecular flexibility index (Phi) is 5.15. The van der Waals surface area contributed by atoms with Crippen LogP contribution in [0.2, 0.25) is 5.02 Å². The number of ether oxygens (including phenoxy) is 1. The van der Waals surface area contributed by atoms with Crippen molar-refractivity contribution in [3.8, 4) is 17.2 Å². The predicted octanol–water partition coefficient (Wildman–Crippen LogP) is 4.43. The average Bonchev–Trinajstić information content (AvgIpc) is 3.04.